The van der Waals surface area contributed by atoms with Gasteiger partial charge in [0.1, 0.15) is 6.10 Å². The normalized spacial score (nSPS) is 27.9. The number of nitrogens with zero attached hydrogens (tertiary/aromatic N) is 1. The number of nitrogen functional groups attached to an aromatic ring is 1. The topological polar surface area (TPSA) is 132 Å². The summed E-state index contributed by atoms with van der Waals surface area (Å²) >= 11 is 0. The molecule has 4 N–H and O–H groups in total. The van der Waals surface area contributed by atoms with E-state index in [2.05, 4.69) is 24.0 Å². The smallest absolute Gasteiger partial charge is 0.407 e. The van der Waals surface area contributed by atoms with Crippen molar-refractivity contribution in [3.05, 3.63) is 24.3 Å². The van der Waals surface area contributed by atoms with E-state index in [0.717, 1.165) is 19.3 Å². The van der Waals surface area contributed by atoms with Crippen LogP contribution in [0.4, 0.5) is 10.5 Å². The summed E-state index contributed by atoms with van der Waals surface area (Å²) in [5, 5.41) is 4.48. The van der Waals surface area contributed by atoms with Crippen LogP contribution in [-0.2, 0) is 24.2 Å². The lowest BCUT2D eigenvalue weighted by molar-refractivity contribution is -0.153. The summed E-state index contributed by atoms with van der Waals surface area (Å²) in [5.41, 5.74) is 6.17. The summed E-state index contributed by atoms with van der Waals surface area (Å²) in [6.07, 6.45) is 2.24. The maximum Gasteiger partial charge on any atom is 0.407 e. The molecule has 190 valence electrons. The number of hydrazine groups is 1. The first-order valence-corrected chi connectivity index (χ1v) is 13.5. The lowest BCUT2D eigenvalue weighted by atomic mass is 9.78. The maximum atomic E-state index is 12.8. The molecule has 10 nitrogen and oxygen atoms in total. The highest BCUT2D eigenvalue weighted by Crippen LogP contribution is 2.46. The molecule has 3 aliphatic rings. The Labute approximate surface area is 201 Å². The second kappa shape index (κ2) is 10.8. The zero-order chi connectivity index (χ0) is 24.3. The van der Waals surface area contributed by atoms with Crippen LogP contribution in [0.5, 0.6) is 0 Å². The van der Waals surface area contributed by atoms with Gasteiger partial charge in [-0.15, -0.1) is 4.83 Å². The Morgan fingerprint density at radius 1 is 1.21 bits per heavy atom. The van der Waals surface area contributed by atoms with Crippen molar-refractivity contribution in [1.82, 2.24) is 15.2 Å². The van der Waals surface area contributed by atoms with Gasteiger partial charge in [-0.05, 0) is 55.9 Å². The van der Waals surface area contributed by atoms with Crippen molar-refractivity contribution in [3.8, 4) is 0 Å². The van der Waals surface area contributed by atoms with Crippen LogP contribution in [0.1, 0.15) is 39.5 Å². The summed E-state index contributed by atoms with van der Waals surface area (Å²) in [4.78, 5) is 15.2. The average molecular weight is 497 g/mol. The van der Waals surface area contributed by atoms with E-state index < -0.39 is 16.1 Å². The van der Waals surface area contributed by atoms with Crippen molar-refractivity contribution >= 4 is 21.8 Å². The predicted molar refractivity (Wildman–Crippen MR) is 126 cm³/mol. The van der Waals surface area contributed by atoms with E-state index in [1.165, 1.54) is 12.1 Å². The van der Waals surface area contributed by atoms with Crippen molar-refractivity contribution in [2.24, 2.45) is 17.8 Å². The predicted octanol–water partition coefficient (Wildman–Crippen LogP) is 2.08. The molecule has 1 amide bonds. The van der Waals surface area contributed by atoms with Crippen molar-refractivity contribution in [3.63, 3.8) is 0 Å². The fourth-order valence-electron chi connectivity index (χ4n) is 4.84. The number of benzene rings is 1. The van der Waals surface area contributed by atoms with E-state index in [1.54, 1.807) is 17.1 Å². The minimum absolute atomic E-state index is 0.0868. The molecule has 1 aliphatic carbocycles. The van der Waals surface area contributed by atoms with Gasteiger partial charge in [0.25, 0.3) is 10.0 Å². The second-order valence-electron chi connectivity index (χ2n) is 9.85. The molecule has 0 spiro atoms. The molecule has 2 aliphatic heterocycles. The van der Waals surface area contributed by atoms with Crippen molar-refractivity contribution in [2.45, 2.75) is 62.9 Å². The lowest BCUT2D eigenvalue weighted by Gasteiger charge is -2.36. The number of amides is 1. The first-order valence-electron chi connectivity index (χ1n) is 12.1. The van der Waals surface area contributed by atoms with E-state index in [0.29, 0.717) is 50.2 Å². The van der Waals surface area contributed by atoms with E-state index in [-0.39, 0.29) is 29.3 Å². The molecule has 11 heteroatoms. The highest BCUT2D eigenvalue weighted by molar-refractivity contribution is 7.89. The number of ether oxygens (including phenoxy) is 3. The van der Waals surface area contributed by atoms with Crippen LogP contribution in [-0.4, -0.2) is 64.3 Å². The molecule has 1 saturated carbocycles. The molecular formula is C23H36N4O6S. The lowest BCUT2D eigenvalue weighted by Crippen LogP contribution is -2.46. The van der Waals surface area contributed by atoms with Gasteiger partial charge in [0.15, 0.2) is 6.29 Å². The number of fused-ring (bicyclic) bond motifs is 2. The molecule has 5 atom stereocenters. The van der Waals surface area contributed by atoms with E-state index in [9.17, 15) is 13.2 Å². The van der Waals surface area contributed by atoms with Gasteiger partial charge in [-0.25, -0.2) is 18.2 Å². The molecule has 0 radical (unpaired) electrons. The average Bonchev–Trinajstić information content (AvgIpc) is 3.08. The third-order valence-corrected chi connectivity index (χ3v) is 8.06. The van der Waals surface area contributed by atoms with Gasteiger partial charge in [0.05, 0.1) is 17.6 Å². The van der Waals surface area contributed by atoms with Gasteiger partial charge in [-0.3, -0.25) is 0 Å². The third-order valence-electron chi connectivity index (χ3n) is 6.67. The number of hydrogen-bond donors (Lipinski definition) is 3. The highest BCUT2D eigenvalue weighted by atomic mass is 32.2. The van der Waals surface area contributed by atoms with Gasteiger partial charge >= 0.3 is 6.09 Å². The number of alkyl carbamates (subject to hydrolysis) is 1. The molecule has 0 aromatic heterocycles. The maximum absolute atomic E-state index is 12.8. The van der Waals surface area contributed by atoms with Gasteiger partial charge in [-0.1, -0.05) is 13.8 Å². The SMILES string of the molecule is CC(C)CCN(CCCNC(=O)OC1C2COC3OC1CC3C2)NS(=O)(=O)c1ccc(N)cc1. The number of sulfonamides is 1. The second-order valence-corrected chi connectivity index (χ2v) is 11.5. The Balaban J connectivity index is 1.24. The first kappa shape index (κ1) is 25.2. The number of rotatable bonds is 11. The first-order chi connectivity index (χ1) is 16.2. The van der Waals surface area contributed by atoms with E-state index >= 15 is 0 Å². The van der Waals surface area contributed by atoms with E-state index in [1.807, 2.05) is 0 Å². The standard InChI is InChI=1S/C23H36N4O6S/c1-15(2)8-11-27(26-34(29,30)19-6-4-18(24)5-7-19)10-3-9-25-23(28)33-21-17-12-16-13-20(21)32-22(16)31-14-17/h4-7,15-17,20-22,26H,3,8-14,24H2,1-2H3,(H,25,28). The number of nitrogens with two attached hydrogens (primary N) is 1. The quantitative estimate of drug-likeness (QED) is 0.241. The minimum Gasteiger partial charge on any atom is -0.443 e. The van der Waals surface area contributed by atoms with Crippen LogP contribution >= 0.6 is 0 Å². The molecule has 2 saturated heterocycles. The van der Waals surface area contributed by atoms with Crippen LogP contribution in [0.15, 0.2) is 29.2 Å². The van der Waals surface area contributed by atoms with Crippen LogP contribution in [0.3, 0.4) is 0 Å². The summed E-state index contributed by atoms with van der Waals surface area (Å²) < 4.78 is 42.8. The van der Waals surface area contributed by atoms with Gasteiger partial charge < -0.3 is 25.3 Å². The molecule has 2 heterocycles. The fraction of sp³-hybridized carbons (Fsp3) is 0.696. The van der Waals surface area contributed by atoms with Crippen molar-refractivity contribution in [2.75, 3.05) is 32.0 Å². The zero-order valence-corrected chi connectivity index (χ0v) is 20.6. The third kappa shape index (κ3) is 6.19. The fourth-order valence-corrected chi connectivity index (χ4v) is 5.96. The highest BCUT2D eigenvalue weighted by Gasteiger charge is 2.53. The van der Waals surface area contributed by atoms with Crippen LogP contribution in [0, 0.1) is 17.8 Å². The molecule has 1 aromatic carbocycles. The monoisotopic (exact) mass is 496 g/mol. The molecule has 3 fully saturated rings. The van der Waals surface area contributed by atoms with E-state index in [4.69, 9.17) is 19.9 Å². The molecule has 34 heavy (non-hydrogen) atoms. The molecular weight excluding hydrogens is 460 g/mol. The van der Waals surface area contributed by atoms with Crippen molar-refractivity contribution in [1.29, 1.82) is 0 Å². The zero-order valence-electron chi connectivity index (χ0n) is 19.8. The van der Waals surface area contributed by atoms with Crippen molar-refractivity contribution < 1.29 is 27.4 Å². The summed E-state index contributed by atoms with van der Waals surface area (Å²) in [6.45, 7) is 6.10. The van der Waals surface area contributed by atoms with Gasteiger partial charge in [0, 0.05) is 37.2 Å². The Kier molecular flexibility index (Phi) is 7.98. The Morgan fingerprint density at radius 2 is 1.97 bits per heavy atom. The minimum atomic E-state index is -3.72. The Morgan fingerprint density at radius 3 is 2.71 bits per heavy atom. The van der Waals surface area contributed by atoms with Gasteiger partial charge in [-0.2, -0.15) is 0 Å². The summed E-state index contributed by atoms with van der Waals surface area (Å²) in [7, 11) is -3.72. The number of carbonyl (C=O) groups is 1. The number of anilines is 1. The van der Waals surface area contributed by atoms with Crippen LogP contribution in [0.25, 0.3) is 0 Å². The van der Waals surface area contributed by atoms with Crippen LogP contribution in [0.2, 0.25) is 0 Å². The Bertz CT molecular complexity index is 933. The Hall–Kier alpha value is -1.92. The molecule has 5 unspecified atom stereocenters. The molecule has 1 aromatic rings. The molecule has 3 bridgehead atoms. The van der Waals surface area contributed by atoms with Crippen LogP contribution < -0.4 is 15.9 Å². The number of nitrogens with one attached hydrogen (secondary N) is 2. The number of hydrogen-bond acceptors (Lipinski definition) is 8. The largest absolute Gasteiger partial charge is 0.443 e. The number of carbonyl (C=O) groups excluding carboxylic acids is 1. The summed E-state index contributed by atoms with van der Waals surface area (Å²) in [6, 6.07) is 6.08. The van der Waals surface area contributed by atoms with Gasteiger partial charge in [0.2, 0.25) is 0 Å². The summed E-state index contributed by atoms with van der Waals surface area (Å²) in [5.74, 6) is 1.02. The molecule has 4 rings (SSSR count).